The molecule has 0 aromatic heterocycles. The summed E-state index contributed by atoms with van der Waals surface area (Å²) in [6.45, 7) is 4.07. The molecule has 1 atom stereocenters. The molecule has 0 aliphatic carbocycles. The van der Waals surface area contributed by atoms with Crippen LogP contribution in [0.5, 0.6) is 0 Å². The third-order valence-corrected chi connectivity index (χ3v) is 2.73. The summed E-state index contributed by atoms with van der Waals surface area (Å²) >= 11 is 0. The monoisotopic (exact) mass is 215 g/mol. The Morgan fingerprint density at radius 3 is 2.56 bits per heavy atom. The molecule has 0 N–H and O–H groups in total. The zero-order valence-corrected chi connectivity index (χ0v) is 10.1. The van der Waals surface area contributed by atoms with Crippen LogP contribution in [0.25, 0.3) is 6.08 Å². The molecule has 0 heterocycles. The van der Waals surface area contributed by atoms with Crippen molar-refractivity contribution in [2.75, 3.05) is 0 Å². The number of unbranched alkanes of at least 4 members (excludes halogenated alkanes) is 1. The lowest BCUT2D eigenvalue weighted by Crippen LogP contribution is -2.14. The average Bonchev–Trinajstić information content (AvgIpc) is 2.35. The van der Waals surface area contributed by atoms with Crippen molar-refractivity contribution in [1.29, 1.82) is 0 Å². The molecule has 0 spiro atoms. The first kappa shape index (κ1) is 12.7. The van der Waals surface area contributed by atoms with Gasteiger partial charge in [0.1, 0.15) is 0 Å². The minimum absolute atomic E-state index is 0.439. The number of hydrogen-bond donors (Lipinski definition) is 0. The molecule has 1 rings (SSSR count). The van der Waals surface area contributed by atoms with E-state index in [9.17, 15) is 4.79 Å². The predicted octanol–water partition coefficient (Wildman–Crippen LogP) is 4.01. The van der Waals surface area contributed by atoms with Crippen LogP contribution in [-0.4, -0.2) is 6.29 Å². The Balaban J connectivity index is 2.69. The predicted molar refractivity (Wildman–Crippen MR) is 68.8 cm³/mol. The summed E-state index contributed by atoms with van der Waals surface area (Å²) < 4.78 is 0. The van der Waals surface area contributed by atoms with Crippen LogP contribution in [-0.2, 0) is 4.79 Å². The van der Waals surface area contributed by atoms with Gasteiger partial charge in [0.15, 0.2) is 0 Å². The normalized spacial score (nSPS) is 14.9. The molecule has 1 radical (unpaired) electrons. The quantitative estimate of drug-likeness (QED) is 0.700. The van der Waals surface area contributed by atoms with E-state index in [2.05, 4.69) is 13.2 Å². The lowest BCUT2D eigenvalue weighted by atomic mass is 9.86. The van der Waals surface area contributed by atoms with Crippen molar-refractivity contribution in [3.8, 4) is 0 Å². The van der Waals surface area contributed by atoms with E-state index in [1.54, 1.807) is 0 Å². The van der Waals surface area contributed by atoms with Gasteiger partial charge >= 0.3 is 0 Å². The molecule has 0 aliphatic heterocycles. The minimum Gasteiger partial charge on any atom is -0.290 e. The van der Waals surface area contributed by atoms with Crippen molar-refractivity contribution < 1.29 is 4.79 Å². The van der Waals surface area contributed by atoms with Crippen LogP contribution in [0.15, 0.2) is 36.4 Å². The van der Waals surface area contributed by atoms with E-state index in [1.807, 2.05) is 49.4 Å². The third-order valence-electron chi connectivity index (χ3n) is 2.73. The third kappa shape index (κ3) is 4.01. The van der Waals surface area contributed by atoms with Crippen LogP contribution < -0.4 is 0 Å². The van der Waals surface area contributed by atoms with E-state index < -0.39 is 5.41 Å². The zero-order chi connectivity index (χ0) is 11.9. The minimum atomic E-state index is -0.439. The Morgan fingerprint density at radius 2 is 2.00 bits per heavy atom. The largest absolute Gasteiger partial charge is 0.290 e. The summed E-state index contributed by atoms with van der Waals surface area (Å²) in [5.74, 6) is 0. The summed E-state index contributed by atoms with van der Waals surface area (Å²) in [6.07, 6.45) is 9.15. The fourth-order valence-electron chi connectivity index (χ4n) is 1.56. The maximum atomic E-state index is 11.0. The van der Waals surface area contributed by atoms with Gasteiger partial charge in [-0.15, -0.1) is 0 Å². The number of hydrogen-bond acceptors (Lipinski definition) is 1. The second-order valence-electron chi connectivity index (χ2n) is 4.37. The first-order valence-electron chi connectivity index (χ1n) is 5.84. The lowest BCUT2D eigenvalue weighted by Gasteiger charge is -2.16. The molecule has 0 aliphatic rings. The summed E-state index contributed by atoms with van der Waals surface area (Å²) in [5.41, 5.74) is 0.687. The van der Waals surface area contributed by atoms with Crippen LogP contribution in [0, 0.1) is 5.41 Å². The number of rotatable bonds is 6. The smallest absolute Gasteiger partial charge is 0.208 e. The molecule has 0 bridgehead atoms. The standard InChI is InChI=1S/C15H19O/c1-3-4-11-15(2,13-16)12-10-14-8-6-5-7-9-14/h5-10,12H,3-4,11H2,1-2H3. The highest BCUT2D eigenvalue weighted by Gasteiger charge is 2.19. The molecule has 0 fully saturated rings. The molecule has 0 saturated carbocycles. The topological polar surface area (TPSA) is 17.1 Å². The zero-order valence-electron chi connectivity index (χ0n) is 10.1. The van der Waals surface area contributed by atoms with E-state index in [4.69, 9.17) is 0 Å². The van der Waals surface area contributed by atoms with Gasteiger partial charge in [-0.05, 0) is 18.9 Å². The maximum absolute atomic E-state index is 11.0. The van der Waals surface area contributed by atoms with Crippen LogP contribution in [0.3, 0.4) is 0 Å². The molecule has 0 amide bonds. The number of allylic oxidation sites excluding steroid dienone is 1. The Labute approximate surface area is 98.2 Å². The second kappa shape index (κ2) is 6.26. The summed E-state index contributed by atoms with van der Waals surface area (Å²) in [4.78, 5) is 11.0. The van der Waals surface area contributed by atoms with Crippen molar-refractivity contribution in [1.82, 2.24) is 0 Å². The van der Waals surface area contributed by atoms with Gasteiger partial charge in [-0.25, -0.2) is 0 Å². The van der Waals surface area contributed by atoms with Crippen LogP contribution in [0.2, 0.25) is 0 Å². The molecule has 16 heavy (non-hydrogen) atoms. The highest BCUT2D eigenvalue weighted by Crippen LogP contribution is 2.24. The molecule has 1 unspecified atom stereocenters. The number of carbonyl (C=O) groups excluding carboxylic acids is 1. The molecule has 1 aromatic rings. The molecule has 1 nitrogen and oxygen atoms in total. The fourth-order valence-corrected chi connectivity index (χ4v) is 1.56. The van der Waals surface area contributed by atoms with E-state index in [-0.39, 0.29) is 0 Å². The highest BCUT2D eigenvalue weighted by molar-refractivity contribution is 5.66. The van der Waals surface area contributed by atoms with Gasteiger partial charge < -0.3 is 0 Å². The maximum Gasteiger partial charge on any atom is 0.208 e. The highest BCUT2D eigenvalue weighted by atomic mass is 16.1. The van der Waals surface area contributed by atoms with Crippen molar-refractivity contribution in [3.63, 3.8) is 0 Å². The molecular formula is C15H19O. The van der Waals surface area contributed by atoms with Gasteiger partial charge in [0.2, 0.25) is 6.29 Å². The SMILES string of the molecule is CCCCC(C)([C]=O)C=Cc1ccccc1. The summed E-state index contributed by atoms with van der Waals surface area (Å²) in [7, 11) is 0. The molecule has 1 aromatic carbocycles. The Hall–Kier alpha value is -1.37. The first-order chi connectivity index (χ1) is 7.70. The average molecular weight is 215 g/mol. The Kier molecular flexibility index (Phi) is 4.97. The van der Waals surface area contributed by atoms with Gasteiger partial charge in [0.05, 0.1) is 5.41 Å². The Morgan fingerprint density at radius 1 is 1.31 bits per heavy atom. The van der Waals surface area contributed by atoms with Crippen LogP contribution >= 0.6 is 0 Å². The van der Waals surface area contributed by atoms with E-state index in [1.165, 1.54) is 0 Å². The summed E-state index contributed by atoms with van der Waals surface area (Å²) in [5, 5.41) is 0. The number of benzene rings is 1. The molecular weight excluding hydrogens is 196 g/mol. The fraction of sp³-hybridized carbons (Fsp3) is 0.400. The van der Waals surface area contributed by atoms with Crippen LogP contribution in [0.1, 0.15) is 38.7 Å². The van der Waals surface area contributed by atoms with Crippen molar-refractivity contribution >= 4 is 12.4 Å². The van der Waals surface area contributed by atoms with E-state index in [0.717, 1.165) is 24.8 Å². The van der Waals surface area contributed by atoms with Gasteiger partial charge in [0, 0.05) is 0 Å². The molecule has 1 heteroatoms. The van der Waals surface area contributed by atoms with Gasteiger partial charge in [-0.1, -0.05) is 62.2 Å². The van der Waals surface area contributed by atoms with Crippen molar-refractivity contribution in [2.24, 2.45) is 5.41 Å². The first-order valence-corrected chi connectivity index (χ1v) is 5.84. The van der Waals surface area contributed by atoms with Crippen LogP contribution in [0.4, 0.5) is 0 Å². The molecule has 0 saturated heterocycles. The van der Waals surface area contributed by atoms with Crippen molar-refractivity contribution in [2.45, 2.75) is 33.1 Å². The van der Waals surface area contributed by atoms with Gasteiger partial charge in [-0.3, -0.25) is 4.79 Å². The Bertz CT molecular complexity index is 340. The van der Waals surface area contributed by atoms with E-state index >= 15 is 0 Å². The summed E-state index contributed by atoms with van der Waals surface area (Å²) in [6, 6.07) is 10.0. The molecule has 85 valence electrons. The van der Waals surface area contributed by atoms with E-state index in [0.29, 0.717) is 0 Å². The lowest BCUT2D eigenvalue weighted by molar-refractivity contribution is 0.451. The van der Waals surface area contributed by atoms with Gasteiger partial charge in [0.25, 0.3) is 0 Å². The van der Waals surface area contributed by atoms with Gasteiger partial charge in [-0.2, -0.15) is 0 Å². The second-order valence-corrected chi connectivity index (χ2v) is 4.37. The van der Waals surface area contributed by atoms with Crippen molar-refractivity contribution in [3.05, 3.63) is 42.0 Å².